The van der Waals surface area contributed by atoms with E-state index < -0.39 is 0 Å². The summed E-state index contributed by atoms with van der Waals surface area (Å²) in [5.41, 5.74) is 0. The minimum absolute atomic E-state index is 0.770. The highest BCUT2D eigenvalue weighted by molar-refractivity contribution is 4.79. The molecule has 3 N–H and O–H groups in total. The Morgan fingerprint density at radius 2 is 2.57 bits per heavy atom. The summed E-state index contributed by atoms with van der Waals surface area (Å²) in [6.07, 6.45) is 4.17. The number of aromatic nitrogens is 3. The Hall–Kier alpha value is -0.940. The van der Waals surface area contributed by atoms with Crippen LogP contribution in [0.15, 0.2) is 6.33 Å². The maximum atomic E-state index is 4.05. The van der Waals surface area contributed by atoms with Gasteiger partial charge >= 0.3 is 0 Å². The van der Waals surface area contributed by atoms with Crippen molar-refractivity contribution >= 4 is 0 Å². The number of hydrogen-bond acceptors (Lipinski definition) is 4. The summed E-state index contributed by atoms with van der Waals surface area (Å²) >= 11 is 0. The predicted molar refractivity (Wildman–Crippen MR) is 53.7 cm³/mol. The molecule has 14 heavy (non-hydrogen) atoms. The van der Waals surface area contributed by atoms with Crippen LogP contribution in [0.4, 0.5) is 0 Å². The van der Waals surface area contributed by atoms with E-state index >= 15 is 0 Å². The Balaban J connectivity index is 1.62. The first-order chi connectivity index (χ1) is 6.95. The van der Waals surface area contributed by atoms with Crippen LogP contribution in [0.1, 0.15) is 18.7 Å². The van der Waals surface area contributed by atoms with Crippen molar-refractivity contribution in [3.8, 4) is 0 Å². The molecule has 0 bridgehead atoms. The summed E-state index contributed by atoms with van der Waals surface area (Å²) in [4.78, 5) is 4.05. The third kappa shape index (κ3) is 2.78. The fourth-order valence-electron chi connectivity index (χ4n) is 1.81. The van der Waals surface area contributed by atoms with Crippen LogP contribution in [0.2, 0.25) is 0 Å². The van der Waals surface area contributed by atoms with Gasteiger partial charge in [-0.05, 0) is 38.4 Å². The Labute approximate surface area is 83.7 Å². The molecule has 1 saturated heterocycles. The quantitative estimate of drug-likeness (QED) is 0.627. The van der Waals surface area contributed by atoms with Crippen molar-refractivity contribution in [3.63, 3.8) is 0 Å². The SMILES string of the molecule is c1n[nH]c(CNCC2CCCNC2)n1. The summed E-state index contributed by atoms with van der Waals surface area (Å²) in [6, 6.07) is 0. The zero-order chi connectivity index (χ0) is 9.64. The lowest BCUT2D eigenvalue weighted by Crippen LogP contribution is -2.35. The molecule has 1 aromatic heterocycles. The molecule has 0 radical (unpaired) electrons. The molecule has 0 amide bonds. The molecular weight excluding hydrogens is 178 g/mol. The second-order valence-corrected chi connectivity index (χ2v) is 3.78. The average Bonchev–Trinajstić information content (AvgIpc) is 2.72. The number of piperidine rings is 1. The first-order valence-corrected chi connectivity index (χ1v) is 5.21. The standard InChI is InChI=1S/C9H17N5/c1-2-8(4-10-3-1)5-11-6-9-12-7-13-14-9/h7-8,10-11H,1-6H2,(H,12,13,14). The van der Waals surface area contributed by atoms with Gasteiger partial charge in [0, 0.05) is 0 Å². The summed E-state index contributed by atoms with van der Waals surface area (Å²) in [7, 11) is 0. The molecule has 1 fully saturated rings. The van der Waals surface area contributed by atoms with Gasteiger partial charge in [-0.25, -0.2) is 4.98 Å². The van der Waals surface area contributed by atoms with Crippen molar-refractivity contribution in [1.82, 2.24) is 25.8 Å². The highest BCUT2D eigenvalue weighted by Gasteiger charge is 2.11. The van der Waals surface area contributed by atoms with Crippen LogP contribution in [0.5, 0.6) is 0 Å². The van der Waals surface area contributed by atoms with Crippen LogP contribution in [-0.2, 0) is 6.54 Å². The molecular formula is C9H17N5. The van der Waals surface area contributed by atoms with Gasteiger partial charge in [0.1, 0.15) is 12.2 Å². The number of aromatic amines is 1. The fraction of sp³-hybridized carbons (Fsp3) is 0.778. The van der Waals surface area contributed by atoms with Gasteiger partial charge in [-0.2, -0.15) is 5.10 Å². The summed E-state index contributed by atoms with van der Waals surface area (Å²) in [5.74, 6) is 1.68. The minimum Gasteiger partial charge on any atom is -0.316 e. The lowest BCUT2D eigenvalue weighted by Gasteiger charge is -2.22. The van der Waals surface area contributed by atoms with Crippen molar-refractivity contribution in [2.45, 2.75) is 19.4 Å². The van der Waals surface area contributed by atoms with Gasteiger partial charge in [0.2, 0.25) is 0 Å². The molecule has 5 nitrogen and oxygen atoms in total. The third-order valence-electron chi connectivity index (χ3n) is 2.59. The molecule has 1 aliphatic rings. The molecule has 1 atom stereocenters. The Morgan fingerprint density at radius 1 is 1.57 bits per heavy atom. The van der Waals surface area contributed by atoms with Gasteiger partial charge in [0.05, 0.1) is 6.54 Å². The van der Waals surface area contributed by atoms with E-state index in [9.17, 15) is 0 Å². The first kappa shape index (κ1) is 9.61. The lowest BCUT2D eigenvalue weighted by atomic mass is 10.00. The molecule has 1 unspecified atom stereocenters. The van der Waals surface area contributed by atoms with Crippen LogP contribution in [-0.4, -0.2) is 34.8 Å². The van der Waals surface area contributed by atoms with Crippen LogP contribution in [0.3, 0.4) is 0 Å². The lowest BCUT2D eigenvalue weighted by molar-refractivity contribution is 0.359. The monoisotopic (exact) mass is 195 g/mol. The van der Waals surface area contributed by atoms with Crippen LogP contribution in [0.25, 0.3) is 0 Å². The van der Waals surface area contributed by atoms with Gasteiger partial charge in [0.15, 0.2) is 0 Å². The first-order valence-electron chi connectivity index (χ1n) is 5.21. The van der Waals surface area contributed by atoms with Crippen molar-refractivity contribution in [2.24, 2.45) is 5.92 Å². The maximum Gasteiger partial charge on any atom is 0.138 e. The predicted octanol–water partition coefficient (Wildman–Crippen LogP) is -0.106. The Bertz CT molecular complexity index is 240. The number of H-pyrrole nitrogens is 1. The Kier molecular flexibility index (Phi) is 3.48. The maximum absolute atomic E-state index is 4.05. The largest absolute Gasteiger partial charge is 0.316 e. The van der Waals surface area contributed by atoms with Crippen molar-refractivity contribution in [3.05, 3.63) is 12.2 Å². The van der Waals surface area contributed by atoms with Crippen molar-refractivity contribution in [2.75, 3.05) is 19.6 Å². The zero-order valence-corrected chi connectivity index (χ0v) is 8.29. The smallest absolute Gasteiger partial charge is 0.138 e. The topological polar surface area (TPSA) is 65.6 Å². The van der Waals surface area contributed by atoms with Gasteiger partial charge in [-0.3, -0.25) is 5.10 Å². The minimum atomic E-state index is 0.770. The summed E-state index contributed by atoms with van der Waals surface area (Å²) in [6.45, 7) is 4.17. The van der Waals surface area contributed by atoms with E-state index in [-0.39, 0.29) is 0 Å². The van der Waals surface area contributed by atoms with Crippen molar-refractivity contribution < 1.29 is 0 Å². The van der Waals surface area contributed by atoms with E-state index in [0.717, 1.165) is 31.4 Å². The highest BCUT2D eigenvalue weighted by atomic mass is 15.2. The molecule has 0 saturated carbocycles. The van der Waals surface area contributed by atoms with Gasteiger partial charge in [0.25, 0.3) is 0 Å². The molecule has 2 rings (SSSR count). The molecule has 1 aromatic rings. The number of nitrogens with zero attached hydrogens (tertiary/aromatic N) is 2. The number of nitrogens with one attached hydrogen (secondary N) is 3. The number of rotatable bonds is 4. The van der Waals surface area contributed by atoms with Crippen LogP contribution >= 0.6 is 0 Å². The van der Waals surface area contributed by atoms with Gasteiger partial charge < -0.3 is 10.6 Å². The summed E-state index contributed by atoms with van der Waals surface area (Å²) < 4.78 is 0. The van der Waals surface area contributed by atoms with E-state index in [2.05, 4.69) is 25.8 Å². The van der Waals surface area contributed by atoms with E-state index in [1.54, 1.807) is 6.33 Å². The second-order valence-electron chi connectivity index (χ2n) is 3.78. The van der Waals surface area contributed by atoms with Crippen LogP contribution < -0.4 is 10.6 Å². The molecule has 1 aliphatic heterocycles. The normalized spacial score (nSPS) is 22.4. The summed E-state index contributed by atoms with van der Waals surface area (Å²) in [5, 5.41) is 13.4. The number of hydrogen-bond donors (Lipinski definition) is 3. The van der Waals surface area contributed by atoms with E-state index in [0.29, 0.717) is 0 Å². The van der Waals surface area contributed by atoms with E-state index in [1.807, 2.05) is 0 Å². The third-order valence-corrected chi connectivity index (χ3v) is 2.59. The van der Waals surface area contributed by atoms with Crippen molar-refractivity contribution in [1.29, 1.82) is 0 Å². The molecule has 5 heteroatoms. The zero-order valence-electron chi connectivity index (χ0n) is 8.29. The van der Waals surface area contributed by atoms with E-state index in [1.165, 1.54) is 19.4 Å². The van der Waals surface area contributed by atoms with Gasteiger partial charge in [-0.1, -0.05) is 0 Å². The highest BCUT2D eigenvalue weighted by Crippen LogP contribution is 2.08. The average molecular weight is 195 g/mol. The Morgan fingerprint density at radius 3 is 3.29 bits per heavy atom. The fourth-order valence-corrected chi connectivity index (χ4v) is 1.81. The van der Waals surface area contributed by atoms with Gasteiger partial charge in [-0.15, -0.1) is 0 Å². The molecule has 0 aromatic carbocycles. The molecule has 0 aliphatic carbocycles. The van der Waals surface area contributed by atoms with Crippen LogP contribution in [0, 0.1) is 5.92 Å². The van der Waals surface area contributed by atoms with E-state index in [4.69, 9.17) is 0 Å². The molecule has 78 valence electrons. The molecule has 2 heterocycles. The second kappa shape index (κ2) is 5.07. The molecule has 0 spiro atoms.